The van der Waals surface area contributed by atoms with Gasteiger partial charge in [-0.05, 0) is 30.3 Å². The highest BCUT2D eigenvalue weighted by Gasteiger charge is 2.31. The lowest BCUT2D eigenvalue weighted by atomic mass is 10.0. The highest BCUT2D eigenvalue weighted by atomic mass is 32.1. The Bertz CT molecular complexity index is 447. The summed E-state index contributed by atoms with van der Waals surface area (Å²) in [5, 5.41) is 16.8. The van der Waals surface area contributed by atoms with E-state index in [0.717, 1.165) is 17.8 Å². The molecule has 1 saturated heterocycles. The summed E-state index contributed by atoms with van der Waals surface area (Å²) in [4.78, 5) is 24.0. The Balaban J connectivity index is 2.03. The zero-order chi connectivity index (χ0) is 13.8. The molecule has 0 spiro atoms. The molecule has 3 N–H and O–H groups in total. The third kappa shape index (κ3) is 3.54. The molecule has 0 radical (unpaired) electrons. The number of hydrogen-bond acceptors (Lipinski definition) is 4. The molecule has 5 nitrogen and oxygen atoms in total. The molecule has 19 heavy (non-hydrogen) atoms. The molecule has 1 aliphatic rings. The Morgan fingerprint density at radius 2 is 2.42 bits per heavy atom. The quantitative estimate of drug-likeness (QED) is 0.762. The van der Waals surface area contributed by atoms with Gasteiger partial charge in [0.2, 0.25) is 5.91 Å². The number of carboxylic acid groups (broad SMARTS) is 1. The van der Waals surface area contributed by atoms with Crippen LogP contribution >= 0.6 is 11.3 Å². The summed E-state index contributed by atoms with van der Waals surface area (Å²) in [5.74, 6) is -0.732. The minimum atomic E-state index is -0.911. The second kappa shape index (κ2) is 6.16. The number of carboxylic acids is 1. The molecule has 0 aromatic carbocycles. The van der Waals surface area contributed by atoms with Gasteiger partial charge in [0.25, 0.3) is 0 Å². The first-order valence-electron chi connectivity index (χ1n) is 6.37. The first kappa shape index (κ1) is 14.0. The molecule has 1 aromatic rings. The number of amides is 1. The average Bonchev–Trinajstić information content (AvgIpc) is 2.97. The summed E-state index contributed by atoms with van der Waals surface area (Å²) in [5.41, 5.74) is 0. The van der Waals surface area contributed by atoms with E-state index < -0.39 is 12.0 Å². The predicted octanol–water partition coefficient (Wildman–Crippen LogP) is 1.38. The monoisotopic (exact) mass is 282 g/mol. The summed E-state index contributed by atoms with van der Waals surface area (Å²) in [6.45, 7) is 2.86. The van der Waals surface area contributed by atoms with Crippen molar-refractivity contribution >= 4 is 23.2 Å². The summed E-state index contributed by atoms with van der Waals surface area (Å²) < 4.78 is 0. The maximum absolute atomic E-state index is 12.2. The predicted molar refractivity (Wildman–Crippen MR) is 73.0 cm³/mol. The standard InChI is InChI=1S/C13H18N2O3S/c1-8-4-5-14-12(8)13(18)15-9(7-11(16)17)10-3-2-6-19-10/h2-3,6,8-9,12,14H,4-5,7H2,1H3,(H,15,18)(H,16,17). The van der Waals surface area contributed by atoms with Gasteiger partial charge in [0, 0.05) is 4.88 Å². The minimum Gasteiger partial charge on any atom is -0.481 e. The van der Waals surface area contributed by atoms with Crippen molar-refractivity contribution in [1.29, 1.82) is 0 Å². The minimum absolute atomic E-state index is 0.0899. The van der Waals surface area contributed by atoms with Crippen LogP contribution in [-0.2, 0) is 9.59 Å². The van der Waals surface area contributed by atoms with E-state index in [-0.39, 0.29) is 24.3 Å². The zero-order valence-corrected chi connectivity index (χ0v) is 11.6. The van der Waals surface area contributed by atoms with Crippen LogP contribution in [-0.4, -0.2) is 29.6 Å². The van der Waals surface area contributed by atoms with Crippen molar-refractivity contribution in [3.8, 4) is 0 Å². The number of carbonyl (C=O) groups excluding carboxylic acids is 1. The highest BCUT2D eigenvalue weighted by Crippen LogP contribution is 2.23. The van der Waals surface area contributed by atoms with E-state index in [4.69, 9.17) is 5.11 Å². The van der Waals surface area contributed by atoms with Crippen molar-refractivity contribution in [3.63, 3.8) is 0 Å². The Morgan fingerprint density at radius 3 is 2.95 bits per heavy atom. The van der Waals surface area contributed by atoms with Gasteiger partial charge in [-0.25, -0.2) is 0 Å². The molecule has 0 aliphatic carbocycles. The van der Waals surface area contributed by atoms with Crippen LogP contribution in [0.3, 0.4) is 0 Å². The molecule has 104 valence electrons. The Kier molecular flexibility index (Phi) is 4.55. The van der Waals surface area contributed by atoms with Crippen LogP contribution in [0.4, 0.5) is 0 Å². The molecule has 1 aromatic heterocycles. The topological polar surface area (TPSA) is 78.4 Å². The van der Waals surface area contributed by atoms with Crippen molar-refractivity contribution in [3.05, 3.63) is 22.4 Å². The van der Waals surface area contributed by atoms with E-state index >= 15 is 0 Å². The van der Waals surface area contributed by atoms with E-state index in [2.05, 4.69) is 10.6 Å². The van der Waals surface area contributed by atoms with E-state index in [0.29, 0.717) is 0 Å². The summed E-state index contributed by atoms with van der Waals surface area (Å²) in [6.07, 6.45) is 0.883. The van der Waals surface area contributed by atoms with Gasteiger partial charge in [0.1, 0.15) is 0 Å². The van der Waals surface area contributed by atoms with Gasteiger partial charge in [-0.2, -0.15) is 0 Å². The van der Waals surface area contributed by atoms with Crippen molar-refractivity contribution in [2.75, 3.05) is 6.54 Å². The zero-order valence-electron chi connectivity index (χ0n) is 10.8. The van der Waals surface area contributed by atoms with Crippen LogP contribution in [0, 0.1) is 5.92 Å². The molecule has 6 heteroatoms. The van der Waals surface area contributed by atoms with Gasteiger partial charge in [0.15, 0.2) is 0 Å². The number of aliphatic carboxylic acids is 1. The third-order valence-electron chi connectivity index (χ3n) is 3.40. The van der Waals surface area contributed by atoms with Crippen LogP contribution in [0.15, 0.2) is 17.5 Å². The van der Waals surface area contributed by atoms with Gasteiger partial charge >= 0.3 is 5.97 Å². The van der Waals surface area contributed by atoms with Crippen molar-refractivity contribution in [2.45, 2.75) is 31.8 Å². The first-order chi connectivity index (χ1) is 9.08. The van der Waals surface area contributed by atoms with Gasteiger partial charge < -0.3 is 15.7 Å². The molecule has 2 rings (SSSR count). The van der Waals surface area contributed by atoms with Gasteiger partial charge in [-0.3, -0.25) is 9.59 Å². The lowest BCUT2D eigenvalue weighted by Gasteiger charge is -2.20. The summed E-state index contributed by atoms with van der Waals surface area (Å²) in [7, 11) is 0. The molecule has 0 bridgehead atoms. The van der Waals surface area contributed by atoms with Crippen LogP contribution in [0.2, 0.25) is 0 Å². The number of thiophene rings is 1. The number of nitrogens with one attached hydrogen (secondary N) is 2. The van der Waals surface area contributed by atoms with Crippen molar-refractivity contribution in [2.24, 2.45) is 5.92 Å². The van der Waals surface area contributed by atoms with Crippen LogP contribution in [0.1, 0.15) is 30.7 Å². The van der Waals surface area contributed by atoms with Gasteiger partial charge in [0.05, 0.1) is 18.5 Å². The fourth-order valence-electron chi connectivity index (χ4n) is 2.33. The molecule has 1 fully saturated rings. The summed E-state index contributed by atoms with van der Waals surface area (Å²) in [6, 6.07) is 3.05. The number of hydrogen-bond donors (Lipinski definition) is 3. The molecule has 1 aliphatic heterocycles. The molecule has 0 saturated carbocycles. The lowest BCUT2D eigenvalue weighted by molar-refractivity contribution is -0.137. The van der Waals surface area contributed by atoms with E-state index in [1.54, 1.807) is 0 Å². The average molecular weight is 282 g/mol. The molecule has 3 atom stereocenters. The molecule has 2 heterocycles. The summed E-state index contributed by atoms with van der Waals surface area (Å²) >= 11 is 1.46. The smallest absolute Gasteiger partial charge is 0.305 e. The highest BCUT2D eigenvalue weighted by molar-refractivity contribution is 7.10. The first-order valence-corrected chi connectivity index (χ1v) is 7.25. The largest absolute Gasteiger partial charge is 0.481 e. The number of rotatable bonds is 5. The molecular weight excluding hydrogens is 264 g/mol. The van der Waals surface area contributed by atoms with Crippen LogP contribution in [0.5, 0.6) is 0 Å². The van der Waals surface area contributed by atoms with Crippen molar-refractivity contribution in [1.82, 2.24) is 10.6 Å². The van der Waals surface area contributed by atoms with Crippen LogP contribution < -0.4 is 10.6 Å². The Labute approximate surface area is 116 Å². The van der Waals surface area contributed by atoms with Gasteiger partial charge in [-0.15, -0.1) is 11.3 Å². The maximum atomic E-state index is 12.2. The normalized spacial score (nSPS) is 24.1. The van der Waals surface area contributed by atoms with E-state index in [1.807, 2.05) is 24.4 Å². The van der Waals surface area contributed by atoms with E-state index in [1.165, 1.54) is 11.3 Å². The lowest BCUT2D eigenvalue weighted by Crippen LogP contribution is -2.44. The Hall–Kier alpha value is -1.40. The fourth-order valence-corrected chi connectivity index (χ4v) is 3.11. The second-order valence-corrected chi connectivity index (χ2v) is 5.85. The van der Waals surface area contributed by atoms with Crippen molar-refractivity contribution < 1.29 is 14.7 Å². The number of carbonyl (C=O) groups is 2. The SMILES string of the molecule is CC1CCNC1C(=O)NC(CC(=O)O)c1cccs1. The van der Waals surface area contributed by atoms with Crippen LogP contribution in [0.25, 0.3) is 0 Å². The maximum Gasteiger partial charge on any atom is 0.305 e. The second-order valence-electron chi connectivity index (χ2n) is 4.87. The van der Waals surface area contributed by atoms with E-state index in [9.17, 15) is 9.59 Å². The fraction of sp³-hybridized carbons (Fsp3) is 0.538. The third-order valence-corrected chi connectivity index (χ3v) is 4.38. The Morgan fingerprint density at radius 1 is 1.63 bits per heavy atom. The molecular formula is C13H18N2O3S. The van der Waals surface area contributed by atoms with Gasteiger partial charge in [-0.1, -0.05) is 13.0 Å². The molecule has 3 unspecified atom stereocenters. The molecule has 1 amide bonds.